The van der Waals surface area contributed by atoms with Crippen LogP contribution in [0.25, 0.3) is 0 Å². The molecule has 1 aromatic heterocycles. The van der Waals surface area contributed by atoms with Crippen molar-refractivity contribution in [3.8, 4) is 5.75 Å². The molecule has 182 valence electrons. The zero-order valence-electron chi connectivity index (χ0n) is 20.3. The summed E-state index contributed by atoms with van der Waals surface area (Å²) in [7, 11) is 1.62. The number of fused-ring (bicyclic) bond motifs is 1. The molecule has 0 spiro atoms. The number of hydrogen-bond donors (Lipinski definition) is 2. The largest absolute Gasteiger partial charge is 0.491 e. The first-order chi connectivity index (χ1) is 16.2. The summed E-state index contributed by atoms with van der Waals surface area (Å²) in [5, 5.41) is 10.3. The van der Waals surface area contributed by atoms with Gasteiger partial charge in [0.25, 0.3) is 11.8 Å². The maximum absolute atomic E-state index is 13.1. The Bertz CT molecular complexity index is 1070. The lowest BCUT2D eigenvalue weighted by molar-refractivity contribution is -0.133. The van der Waals surface area contributed by atoms with Crippen molar-refractivity contribution in [2.75, 3.05) is 7.05 Å². The van der Waals surface area contributed by atoms with E-state index in [1.54, 1.807) is 14.0 Å². The van der Waals surface area contributed by atoms with Gasteiger partial charge in [-0.2, -0.15) is 5.10 Å². The highest BCUT2D eigenvalue weighted by Crippen LogP contribution is 2.27. The highest BCUT2D eigenvalue weighted by Gasteiger charge is 2.46. The number of rotatable bonds is 7. The van der Waals surface area contributed by atoms with Crippen LogP contribution in [-0.4, -0.2) is 57.1 Å². The molecular weight excluding hydrogens is 434 g/mol. The second kappa shape index (κ2) is 9.48. The van der Waals surface area contributed by atoms with Gasteiger partial charge in [-0.1, -0.05) is 25.0 Å². The van der Waals surface area contributed by atoms with Gasteiger partial charge in [0.05, 0.1) is 12.6 Å². The van der Waals surface area contributed by atoms with E-state index in [1.165, 1.54) is 15.6 Å². The molecular formula is C25H33N5O4. The molecule has 1 atom stereocenters. The summed E-state index contributed by atoms with van der Waals surface area (Å²) in [6.07, 6.45) is 4.23. The molecule has 2 aliphatic rings. The van der Waals surface area contributed by atoms with Gasteiger partial charge < -0.3 is 20.3 Å². The number of aromatic nitrogens is 2. The van der Waals surface area contributed by atoms with Crippen LogP contribution in [0.4, 0.5) is 0 Å². The lowest BCUT2D eigenvalue weighted by Gasteiger charge is -2.41. The maximum atomic E-state index is 13.1. The molecule has 2 aromatic rings. The molecule has 1 aliphatic carbocycles. The summed E-state index contributed by atoms with van der Waals surface area (Å²) < 4.78 is 7.11. The summed E-state index contributed by atoms with van der Waals surface area (Å²) in [6, 6.07) is 9.15. The molecule has 9 nitrogen and oxygen atoms in total. The van der Waals surface area contributed by atoms with Gasteiger partial charge in [0.15, 0.2) is 5.69 Å². The fourth-order valence-corrected chi connectivity index (χ4v) is 4.48. The molecule has 34 heavy (non-hydrogen) atoms. The molecule has 0 saturated heterocycles. The Hall–Kier alpha value is -3.36. The second-order valence-electron chi connectivity index (χ2n) is 9.66. The third-order valence-corrected chi connectivity index (χ3v) is 6.66. The summed E-state index contributed by atoms with van der Waals surface area (Å²) in [4.78, 5) is 40.3. The number of likely N-dealkylation sites (N-methyl/N-ethyl adjacent to an activating group) is 1. The lowest BCUT2D eigenvalue weighted by atomic mass is 9.95. The number of carbonyl (C=O) groups is 3. The zero-order valence-corrected chi connectivity index (χ0v) is 20.3. The molecule has 3 amide bonds. The summed E-state index contributed by atoms with van der Waals surface area (Å²) >= 11 is 0. The Morgan fingerprint density at radius 3 is 2.53 bits per heavy atom. The smallest absolute Gasteiger partial charge is 0.272 e. The van der Waals surface area contributed by atoms with Crippen molar-refractivity contribution in [3.05, 3.63) is 47.3 Å². The Kier molecular flexibility index (Phi) is 6.63. The first-order valence-corrected chi connectivity index (χ1v) is 11.9. The third kappa shape index (κ3) is 4.78. The van der Waals surface area contributed by atoms with Crippen LogP contribution < -0.4 is 15.4 Å². The fourth-order valence-electron chi connectivity index (χ4n) is 4.48. The summed E-state index contributed by atoms with van der Waals surface area (Å²) in [6.45, 7) is 6.18. The van der Waals surface area contributed by atoms with Crippen LogP contribution in [0, 0.1) is 0 Å². The van der Waals surface area contributed by atoms with Crippen molar-refractivity contribution in [3.63, 3.8) is 0 Å². The fraction of sp³-hybridized carbons (Fsp3) is 0.520. The minimum atomic E-state index is -1.08. The molecule has 1 saturated carbocycles. The van der Waals surface area contributed by atoms with Crippen molar-refractivity contribution in [2.24, 2.45) is 0 Å². The molecule has 2 N–H and O–H groups in total. The Morgan fingerprint density at radius 2 is 1.88 bits per heavy atom. The van der Waals surface area contributed by atoms with E-state index < -0.39 is 5.54 Å². The average Bonchev–Trinajstić information content (AvgIpc) is 3.46. The quantitative estimate of drug-likeness (QED) is 0.651. The Morgan fingerprint density at radius 1 is 1.21 bits per heavy atom. The van der Waals surface area contributed by atoms with Crippen molar-refractivity contribution in [1.29, 1.82) is 0 Å². The first kappa shape index (κ1) is 23.8. The van der Waals surface area contributed by atoms with Crippen LogP contribution in [0.15, 0.2) is 30.3 Å². The van der Waals surface area contributed by atoms with Crippen LogP contribution >= 0.6 is 0 Å². The molecule has 1 fully saturated rings. The highest BCUT2D eigenvalue weighted by molar-refractivity contribution is 6.01. The predicted molar refractivity (Wildman–Crippen MR) is 127 cm³/mol. The van der Waals surface area contributed by atoms with E-state index in [1.807, 2.05) is 38.1 Å². The third-order valence-electron chi connectivity index (χ3n) is 6.66. The highest BCUT2D eigenvalue weighted by atomic mass is 16.5. The molecule has 4 rings (SSSR count). The van der Waals surface area contributed by atoms with Gasteiger partial charge in [-0.05, 0) is 51.3 Å². The molecule has 1 aromatic carbocycles. The number of carbonyl (C=O) groups excluding carboxylic acids is 3. The van der Waals surface area contributed by atoms with Gasteiger partial charge in [0.1, 0.15) is 17.0 Å². The zero-order chi connectivity index (χ0) is 24.5. The molecule has 0 bridgehead atoms. The van der Waals surface area contributed by atoms with Gasteiger partial charge in [0.2, 0.25) is 5.91 Å². The molecule has 9 heteroatoms. The topological polar surface area (TPSA) is 106 Å². The summed E-state index contributed by atoms with van der Waals surface area (Å²) in [5.74, 6) is -0.124. The molecule has 1 unspecified atom stereocenters. The van der Waals surface area contributed by atoms with E-state index in [0.717, 1.165) is 37.0 Å². The monoisotopic (exact) mass is 467 g/mol. The lowest BCUT2D eigenvalue weighted by Crippen LogP contribution is -2.63. The number of hydrogen-bond acceptors (Lipinski definition) is 5. The van der Waals surface area contributed by atoms with Gasteiger partial charge in [-0.3, -0.25) is 19.1 Å². The van der Waals surface area contributed by atoms with Gasteiger partial charge >= 0.3 is 0 Å². The van der Waals surface area contributed by atoms with Crippen molar-refractivity contribution in [1.82, 2.24) is 25.3 Å². The number of benzene rings is 1. The standard InChI is InChI=1S/C25H33N5O4/c1-16(2)34-19-11-9-17(10-12-19)14-26-22(31)20-13-21-23(32)29(4)25(3,15-30(21)28-20)24(33)27-18-7-5-6-8-18/h9-13,16,18H,5-8,14-15H2,1-4H3,(H,26,31)(H,27,33). The van der Waals surface area contributed by atoms with E-state index in [2.05, 4.69) is 15.7 Å². The van der Waals surface area contributed by atoms with E-state index in [4.69, 9.17) is 4.74 Å². The van der Waals surface area contributed by atoms with E-state index >= 15 is 0 Å². The number of nitrogens with one attached hydrogen (secondary N) is 2. The second-order valence-corrected chi connectivity index (χ2v) is 9.66. The minimum Gasteiger partial charge on any atom is -0.491 e. The van der Waals surface area contributed by atoms with Crippen molar-refractivity contribution < 1.29 is 19.1 Å². The average molecular weight is 468 g/mol. The van der Waals surface area contributed by atoms with Gasteiger partial charge in [-0.15, -0.1) is 0 Å². The van der Waals surface area contributed by atoms with Crippen LogP contribution in [0.5, 0.6) is 5.75 Å². The summed E-state index contributed by atoms with van der Waals surface area (Å²) in [5.41, 5.74) is 0.290. The Balaban J connectivity index is 1.43. The van der Waals surface area contributed by atoms with Gasteiger partial charge in [0, 0.05) is 25.7 Å². The molecule has 0 radical (unpaired) electrons. The number of amides is 3. The minimum absolute atomic E-state index is 0.0925. The van der Waals surface area contributed by atoms with Gasteiger partial charge in [-0.25, -0.2) is 0 Å². The van der Waals surface area contributed by atoms with Crippen molar-refractivity contribution >= 4 is 17.7 Å². The SMILES string of the molecule is CC(C)Oc1ccc(CNC(=O)c2cc3n(n2)CC(C)(C(=O)NC2CCCC2)N(C)C3=O)cc1. The van der Waals surface area contributed by atoms with Crippen LogP contribution in [0.1, 0.15) is 73.0 Å². The molecule has 1 aliphatic heterocycles. The maximum Gasteiger partial charge on any atom is 0.272 e. The molecule has 2 heterocycles. The predicted octanol–water partition coefficient (Wildman–Crippen LogP) is 2.50. The first-order valence-electron chi connectivity index (χ1n) is 11.9. The van der Waals surface area contributed by atoms with E-state index in [0.29, 0.717) is 12.2 Å². The van der Waals surface area contributed by atoms with Crippen molar-refractivity contribution in [2.45, 2.75) is 77.2 Å². The van der Waals surface area contributed by atoms with Crippen LogP contribution in [-0.2, 0) is 17.9 Å². The normalized spacial score (nSPS) is 20.4. The van der Waals surface area contributed by atoms with Crippen LogP contribution in [0.3, 0.4) is 0 Å². The number of nitrogens with zero attached hydrogens (tertiary/aromatic N) is 3. The van der Waals surface area contributed by atoms with Crippen LogP contribution in [0.2, 0.25) is 0 Å². The Labute approximate surface area is 199 Å². The number of ether oxygens (including phenoxy) is 1. The van der Waals surface area contributed by atoms with E-state index in [-0.39, 0.29) is 42.1 Å². The van der Waals surface area contributed by atoms with E-state index in [9.17, 15) is 14.4 Å².